The van der Waals surface area contributed by atoms with E-state index in [1.165, 1.54) is 54.6 Å². The average molecular weight is 260 g/mol. The summed E-state index contributed by atoms with van der Waals surface area (Å²) in [4.78, 5) is 2.46. The Morgan fingerprint density at radius 3 is 2.47 bits per heavy atom. The van der Waals surface area contributed by atoms with E-state index in [0.29, 0.717) is 0 Å². The number of aryl methyl sites for hydroxylation is 3. The molecule has 2 heteroatoms. The smallest absolute Gasteiger partial charge is 0.0235 e. The molecule has 0 bridgehead atoms. The van der Waals surface area contributed by atoms with Gasteiger partial charge >= 0.3 is 0 Å². The van der Waals surface area contributed by atoms with Gasteiger partial charge in [0.1, 0.15) is 0 Å². The fourth-order valence-electron chi connectivity index (χ4n) is 3.19. The standard InChI is InChI=1S/C17H28N2/c1-13-10-14(2)17(15(3)11-13)12-19(4)9-7-16-6-5-8-18-16/h10-11,16,18H,5-9,12H2,1-4H3. The van der Waals surface area contributed by atoms with Crippen LogP contribution < -0.4 is 5.32 Å². The summed E-state index contributed by atoms with van der Waals surface area (Å²) < 4.78 is 0. The SMILES string of the molecule is Cc1cc(C)c(CN(C)CCC2CCCN2)c(C)c1. The van der Waals surface area contributed by atoms with Crippen molar-refractivity contribution in [3.63, 3.8) is 0 Å². The highest BCUT2D eigenvalue weighted by molar-refractivity contribution is 5.37. The molecule has 106 valence electrons. The molecule has 19 heavy (non-hydrogen) atoms. The fraction of sp³-hybridized carbons (Fsp3) is 0.647. The predicted octanol–water partition coefficient (Wildman–Crippen LogP) is 3.19. The first kappa shape index (κ1) is 14.5. The molecule has 2 nitrogen and oxygen atoms in total. The van der Waals surface area contributed by atoms with Gasteiger partial charge in [0.05, 0.1) is 0 Å². The maximum Gasteiger partial charge on any atom is 0.0235 e. The van der Waals surface area contributed by atoms with E-state index in [1.807, 2.05) is 0 Å². The molecule has 1 atom stereocenters. The van der Waals surface area contributed by atoms with Crippen LogP contribution in [0.25, 0.3) is 0 Å². The van der Waals surface area contributed by atoms with Crippen molar-refractivity contribution in [1.29, 1.82) is 0 Å². The van der Waals surface area contributed by atoms with Gasteiger partial charge in [-0.3, -0.25) is 0 Å². The topological polar surface area (TPSA) is 15.3 Å². The molecule has 1 N–H and O–H groups in total. The van der Waals surface area contributed by atoms with Crippen molar-refractivity contribution in [2.24, 2.45) is 0 Å². The van der Waals surface area contributed by atoms with Gasteiger partial charge in [-0.25, -0.2) is 0 Å². The summed E-state index contributed by atoms with van der Waals surface area (Å²) in [6, 6.07) is 5.35. The highest BCUT2D eigenvalue weighted by atomic mass is 15.1. The van der Waals surface area contributed by atoms with Crippen molar-refractivity contribution in [2.75, 3.05) is 20.1 Å². The fourth-order valence-corrected chi connectivity index (χ4v) is 3.19. The number of nitrogens with zero attached hydrogens (tertiary/aromatic N) is 1. The quantitative estimate of drug-likeness (QED) is 0.874. The summed E-state index contributed by atoms with van der Waals surface area (Å²) in [6.45, 7) is 10.1. The second kappa shape index (κ2) is 6.53. The van der Waals surface area contributed by atoms with E-state index in [1.54, 1.807) is 0 Å². The van der Waals surface area contributed by atoms with Crippen molar-refractivity contribution in [2.45, 2.75) is 52.6 Å². The normalized spacial score (nSPS) is 19.3. The van der Waals surface area contributed by atoms with Gasteiger partial charge in [-0.05, 0) is 76.9 Å². The summed E-state index contributed by atoms with van der Waals surface area (Å²) in [5, 5.41) is 3.58. The number of hydrogen-bond acceptors (Lipinski definition) is 2. The monoisotopic (exact) mass is 260 g/mol. The Morgan fingerprint density at radius 2 is 1.89 bits per heavy atom. The van der Waals surface area contributed by atoms with Crippen LogP contribution in [0.5, 0.6) is 0 Å². The Labute approximate surface area is 118 Å². The Kier molecular flexibility index (Phi) is 5.00. The Hall–Kier alpha value is -0.860. The van der Waals surface area contributed by atoms with Crippen molar-refractivity contribution in [3.8, 4) is 0 Å². The first-order valence-electron chi connectivity index (χ1n) is 7.55. The van der Waals surface area contributed by atoms with Crippen LogP contribution in [0.15, 0.2) is 12.1 Å². The number of rotatable bonds is 5. The minimum atomic E-state index is 0.752. The molecular formula is C17H28N2. The van der Waals surface area contributed by atoms with Gasteiger partial charge in [0.2, 0.25) is 0 Å². The van der Waals surface area contributed by atoms with Crippen molar-refractivity contribution in [3.05, 3.63) is 34.4 Å². The van der Waals surface area contributed by atoms with Crippen molar-refractivity contribution in [1.82, 2.24) is 10.2 Å². The molecule has 1 aromatic carbocycles. The molecule has 1 aliphatic rings. The summed E-state index contributed by atoms with van der Waals surface area (Å²) >= 11 is 0. The Bertz CT molecular complexity index is 396. The van der Waals surface area contributed by atoms with Crippen LogP contribution in [0.4, 0.5) is 0 Å². The molecular weight excluding hydrogens is 232 g/mol. The van der Waals surface area contributed by atoms with E-state index in [-0.39, 0.29) is 0 Å². The summed E-state index contributed by atoms with van der Waals surface area (Å²) in [5.74, 6) is 0. The molecule has 0 spiro atoms. The zero-order valence-electron chi connectivity index (χ0n) is 12.9. The van der Waals surface area contributed by atoms with Crippen LogP contribution in [-0.2, 0) is 6.54 Å². The highest BCUT2D eigenvalue weighted by Gasteiger charge is 2.15. The second-order valence-corrected chi connectivity index (χ2v) is 6.20. The minimum absolute atomic E-state index is 0.752. The third-order valence-corrected chi connectivity index (χ3v) is 4.29. The molecule has 1 fully saturated rings. The van der Waals surface area contributed by atoms with Gasteiger partial charge in [0.15, 0.2) is 0 Å². The van der Waals surface area contributed by atoms with Crippen LogP contribution in [0.3, 0.4) is 0 Å². The Morgan fingerprint density at radius 1 is 1.21 bits per heavy atom. The molecule has 1 heterocycles. The lowest BCUT2D eigenvalue weighted by atomic mass is 9.99. The largest absolute Gasteiger partial charge is 0.314 e. The lowest BCUT2D eigenvalue weighted by Crippen LogP contribution is -2.28. The molecule has 1 unspecified atom stereocenters. The number of benzene rings is 1. The van der Waals surface area contributed by atoms with Crippen LogP contribution in [0.1, 0.15) is 41.5 Å². The molecule has 0 radical (unpaired) electrons. The Balaban J connectivity index is 1.89. The van der Waals surface area contributed by atoms with Crippen molar-refractivity contribution < 1.29 is 0 Å². The van der Waals surface area contributed by atoms with Crippen LogP contribution in [-0.4, -0.2) is 31.1 Å². The molecule has 0 amide bonds. The van der Waals surface area contributed by atoms with Crippen LogP contribution in [0.2, 0.25) is 0 Å². The summed E-state index contributed by atoms with van der Waals surface area (Å²) in [6.07, 6.45) is 3.99. The van der Waals surface area contributed by atoms with E-state index < -0.39 is 0 Å². The molecule has 2 rings (SSSR count). The number of nitrogens with one attached hydrogen (secondary N) is 1. The highest BCUT2D eigenvalue weighted by Crippen LogP contribution is 2.18. The van der Waals surface area contributed by atoms with Gasteiger partial charge in [0.25, 0.3) is 0 Å². The zero-order chi connectivity index (χ0) is 13.8. The first-order valence-corrected chi connectivity index (χ1v) is 7.55. The third-order valence-electron chi connectivity index (χ3n) is 4.29. The summed E-state index contributed by atoms with van der Waals surface area (Å²) in [7, 11) is 2.24. The maximum absolute atomic E-state index is 3.58. The van der Waals surface area contributed by atoms with Gasteiger partial charge in [-0.2, -0.15) is 0 Å². The minimum Gasteiger partial charge on any atom is -0.314 e. The van der Waals surface area contributed by atoms with E-state index in [2.05, 4.69) is 50.2 Å². The summed E-state index contributed by atoms with van der Waals surface area (Å²) in [5.41, 5.74) is 5.75. The average Bonchev–Trinajstić information content (AvgIpc) is 2.84. The van der Waals surface area contributed by atoms with Gasteiger partial charge in [-0.1, -0.05) is 17.7 Å². The molecule has 0 saturated carbocycles. The van der Waals surface area contributed by atoms with E-state index in [9.17, 15) is 0 Å². The number of hydrogen-bond donors (Lipinski definition) is 1. The van der Waals surface area contributed by atoms with Crippen molar-refractivity contribution >= 4 is 0 Å². The molecule has 0 aliphatic carbocycles. The maximum atomic E-state index is 3.58. The van der Waals surface area contributed by atoms with Crippen LogP contribution in [0, 0.1) is 20.8 Å². The first-order chi connectivity index (χ1) is 9.06. The lowest BCUT2D eigenvalue weighted by molar-refractivity contribution is 0.304. The molecule has 1 aromatic rings. The van der Waals surface area contributed by atoms with Crippen LogP contribution >= 0.6 is 0 Å². The van der Waals surface area contributed by atoms with Gasteiger partial charge in [-0.15, -0.1) is 0 Å². The lowest BCUT2D eigenvalue weighted by Gasteiger charge is -2.21. The molecule has 0 aromatic heterocycles. The predicted molar refractivity (Wildman–Crippen MR) is 82.6 cm³/mol. The third kappa shape index (κ3) is 4.05. The van der Waals surface area contributed by atoms with Gasteiger partial charge < -0.3 is 10.2 Å². The molecule has 1 aliphatic heterocycles. The van der Waals surface area contributed by atoms with E-state index in [4.69, 9.17) is 0 Å². The van der Waals surface area contributed by atoms with E-state index >= 15 is 0 Å². The second-order valence-electron chi connectivity index (χ2n) is 6.20. The molecule has 1 saturated heterocycles. The van der Waals surface area contributed by atoms with Gasteiger partial charge in [0, 0.05) is 12.6 Å². The zero-order valence-corrected chi connectivity index (χ0v) is 12.9. The van der Waals surface area contributed by atoms with E-state index in [0.717, 1.165) is 12.6 Å².